The Hall–Kier alpha value is -1.89. The van der Waals surface area contributed by atoms with Crippen LogP contribution in [0.5, 0.6) is 0 Å². The van der Waals surface area contributed by atoms with Crippen molar-refractivity contribution in [3.8, 4) is 0 Å². The number of carbonyl (C=O) groups is 1. The molecule has 0 spiro atoms. The Kier molecular flexibility index (Phi) is 6.29. The highest BCUT2D eigenvalue weighted by atomic mass is 16.2. The Bertz CT molecular complexity index is 654. The fourth-order valence-electron chi connectivity index (χ4n) is 4.91. The van der Waals surface area contributed by atoms with Crippen molar-refractivity contribution in [1.29, 1.82) is 0 Å². The van der Waals surface area contributed by atoms with Gasteiger partial charge in [-0.05, 0) is 31.6 Å². The lowest BCUT2D eigenvalue weighted by Gasteiger charge is -2.41. The summed E-state index contributed by atoms with van der Waals surface area (Å²) in [5, 5.41) is 2.97. The maximum Gasteiger partial charge on any atom is 0.323 e. The monoisotopic (exact) mass is 386 g/mol. The topological polar surface area (TPSA) is 64.6 Å². The van der Waals surface area contributed by atoms with Crippen LogP contribution in [0.15, 0.2) is 12.4 Å². The molecule has 1 saturated carbocycles. The molecule has 1 N–H and O–H groups in total. The van der Waals surface area contributed by atoms with Crippen LogP contribution >= 0.6 is 0 Å². The third-order valence-corrected chi connectivity index (χ3v) is 6.56. The molecule has 1 aliphatic carbocycles. The van der Waals surface area contributed by atoms with E-state index in [1.54, 1.807) is 6.33 Å². The summed E-state index contributed by atoms with van der Waals surface area (Å²) in [6.07, 6.45) is 10.7. The molecule has 2 saturated heterocycles. The summed E-state index contributed by atoms with van der Waals surface area (Å²) < 4.78 is 0. The number of nitrogens with zero attached hydrogens (tertiary/aromatic N) is 5. The highest BCUT2D eigenvalue weighted by Gasteiger charge is 2.26. The van der Waals surface area contributed by atoms with Crippen molar-refractivity contribution in [2.45, 2.75) is 57.9 Å². The molecule has 4 rings (SSSR count). The van der Waals surface area contributed by atoms with E-state index in [2.05, 4.69) is 32.0 Å². The summed E-state index contributed by atoms with van der Waals surface area (Å²) in [7, 11) is 0. The summed E-state index contributed by atoms with van der Waals surface area (Å²) in [4.78, 5) is 28.2. The molecule has 1 unspecified atom stereocenters. The molecular formula is C21H34N6O. The molecule has 1 aromatic heterocycles. The first-order chi connectivity index (χ1) is 13.7. The summed E-state index contributed by atoms with van der Waals surface area (Å²) in [5.41, 5.74) is 0. The van der Waals surface area contributed by atoms with Crippen LogP contribution in [0, 0.1) is 5.92 Å². The average molecular weight is 387 g/mol. The zero-order valence-electron chi connectivity index (χ0n) is 17.1. The summed E-state index contributed by atoms with van der Waals surface area (Å²) in [6.45, 7) is 8.04. The second kappa shape index (κ2) is 9.07. The molecule has 2 amide bonds. The SMILES string of the molecule is CC1CCCN(C(=O)Nc2cc(N3CCN(C4CCCCC4)CC3)ncn2)C1. The second-order valence-corrected chi connectivity index (χ2v) is 8.70. The van der Waals surface area contributed by atoms with E-state index in [9.17, 15) is 4.79 Å². The number of urea groups is 1. The number of hydrogen-bond acceptors (Lipinski definition) is 5. The largest absolute Gasteiger partial charge is 0.354 e. The summed E-state index contributed by atoms with van der Waals surface area (Å²) in [6, 6.07) is 2.66. The van der Waals surface area contributed by atoms with Crippen molar-refractivity contribution < 1.29 is 4.79 Å². The summed E-state index contributed by atoms with van der Waals surface area (Å²) >= 11 is 0. The first kappa shape index (κ1) is 19.4. The van der Waals surface area contributed by atoms with Crippen LogP contribution in [0.2, 0.25) is 0 Å². The predicted octanol–water partition coefficient (Wildman–Crippen LogP) is 3.20. The van der Waals surface area contributed by atoms with Gasteiger partial charge in [0.2, 0.25) is 0 Å². The lowest BCUT2D eigenvalue weighted by atomic mass is 9.94. The molecular weight excluding hydrogens is 352 g/mol. The van der Waals surface area contributed by atoms with Gasteiger partial charge >= 0.3 is 6.03 Å². The van der Waals surface area contributed by atoms with Gasteiger partial charge < -0.3 is 9.80 Å². The molecule has 3 aliphatic rings. The molecule has 7 heteroatoms. The minimum absolute atomic E-state index is 0.0432. The van der Waals surface area contributed by atoms with Gasteiger partial charge in [-0.2, -0.15) is 0 Å². The number of rotatable bonds is 3. The van der Waals surface area contributed by atoms with Crippen LogP contribution in [0.1, 0.15) is 51.9 Å². The van der Waals surface area contributed by atoms with E-state index >= 15 is 0 Å². The standard InChI is InChI=1S/C21H34N6O/c1-17-6-5-9-27(15-17)21(28)24-19-14-20(23-16-22-19)26-12-10-25(11-13-26)18-7-3-2-4-8-18/h14,16-18H,2-13,15H2,1H3,(H,22,23,24,28). The maximum absolute atomic E-state index is 12.6. The number of hydrogen-bond donors (Lipinski definition) is 1. The normalized spacial score (nSPS) is 25.0. The number of aromatic nitrogens is 2. The van der Waals surface area contributed by atoms with Crippen molar-refractivity contribution in [2.75, 3.05) is 49.5 Å². The minimum Gasteiger partial charge on any atom is -0.354 e. The van der Waals surface area contributed by atoms with Crippen LogP contribution in [-0.4, -0.2) is 71.1 Å². The van der Waals surface area contributed by atoms with Crippen molar-refractivity contribution in [2.24, 2.45) is 5.92 Å². The molecule has 0 bridgehead atoms. The van der Waals surface area contributed by atoms with E-state index in [0.717, 1.165) is 57.5 Å². The molecule has 154 valence electrons. The van der Waals surface area contributed by atoms with E-state index in [4.69, 9.17) is 0 Å². The third kappa shape index (κ3) is 4.74. The van der Waals surface area contributed by atoms with Gasteiger partial charge in [0, 0.05) is 51.4 Å². The molecule has 0 radical (unpaired) electrons. The number of anilines is 2. The first-order valence-electron chi connectivity index (χ1n) is 11.1. The van der Waals surface area contributed by atoms with Crippen molar-refractivity contribution >= 4 is 17.7 Å². The second-order valence-electron chi connectivity index (χ2n) is 8.70. The molecule has 7 nitrogen and oxygen atoms in total. The van der Waals surface area contributed by atoms with Gasteiger partial charge in [0.25, 0.3) is 0 Å². The number of nitrogens with one attached hydrogen (secondary N) is 1. The Morgan fingerprint density at radius 2 is 1.79 bits per heavy atom. The van der Waals surface area contributed by atoms with Gasteiger partial charge in [-0.15, -0.1) is 0 Å². The fraction of sp³-hybridized carbons (Fsp3) is 0.762. The van der Waals surface area contributed by atoms with Crippen molar-refractivity contribution in [1.82, 2.24) is 19.8 Å². The molecule has 1 atom stereocenters. The van der Waals surface area contributed by atoms with Crippen LogP contribution in [0.3, 0.4) is 0 Å². The zero-order valence-corrected chi connectivity index (χ0v) is 17.1. The average Bonchev–Trinajstić information content (AvgIpc) is 2.75. The Morgan fingerprint density at radius 3 is 2.54 bits per heavy atom. The van der Waals surface area contributed by atoms with E-state index in [-0.39, 0.29) is 6.03 Å². The number of amides is 2. The molecule has 0 aromatic carbocycles. The smallest absolute Gasteiger partial charge is 0.323 e. The molecule has 3 fully saturated rings. The van der Waals surface area contributed by atoms with Gasteiger partial charge in [-0.1, -0.05) is 26.2 Å². The van der Waals surface area contributed by atoms with Gasteiger partial charge in [-0.25, -0.2) is 14.8 Å². The molecule has 2 aliphatic heterocycles. The van der Waals surface area contributed by atoms with Crippen LogP contribution in [-0.2, 0) is 0 Å². The van der Waals surface area contributed by atoms with E-state index in [0.29, 0.717) is 11.7 Å². The molecule has 1 aromatic rings. The lowest BCUT2D eigenvalue weighted by molar-refractivity contribution is 0.147. The van der Waals surface area contributed by atoms with Crippen LogP contribution in [0.25, 0.3) is 0 Å². The van der Waals surface area contributed by atoms with Gasteiger partial charge in [0.05, 0.1) is 0 Å². The number of carbonyl (C=O) groups excluding carboxylic acids is 1. The number of likely N-dealkylation sites (tertiary alicyclic amines) is 1. The van der Waals surface area contributed by atoms with Crippen LogP contribution < -0.4 is 10.2 Å². The van der Waals surface area contributed by atoms with E-state index in [1.165, 1.54) is 38.5 Å². The van der Waals surface area contributed by atoms with Crippen molar-refractivity contribution in [3.63, 3.8) is 0 Å². The maximum atomic E-state index is 12.6. The van der Waals surface area contributed by atoms with Crippen LogP contribution in [0.4, 0.5) is 16.4 Å². The Morgan fingerprint density at radius 1 is 1.00 bits per heavy atom. The Labute approximate surface area is 168 Å². The number of piperazine rings is 1. The fourth-order valence-corrected chi connectivity index (χ4v) is 4.91. The summed E-state index contributed by atoms with van der Waals surface area (Å²) in [5.74, 6) is 2.09. The zero-order chi connectivity index (χ0) is 19.3. The van der Waals surface area contributed by atoms with E-state index in [1.807, 2.05) is 11.0 Å². The van der Waals surface area contributed by atoms with E-state index < -0.39 is 0 Å². The Balaban J connectivity index is 1.32. The molecule has 28 heavy (non-hydrogen) atoms. The van der Waals surface area contributed by atoms with Crippen molar-refractivity contribution in [3.05, 3.63) is 12.4 Å². The molecule has 3 heterocycles. The third-order valence-electron chi connectivity index (χ3n) is 6.56. The minimum atomic E-state index is -0.0432. The first-order valence-corrected chi connectivity index (χ1v) is 11.1. The van der Waals surface area contributed by atoms with Gasteiger partial charge in [0.15, 0.2) is 0 Å². The van der Waals surface area contributed by atoms with Gasteiger partial charge in [0.1, 0.15) is 18.0 Å². The lowest BCUT2D eigenvalue weighted by Crippen LogP contribution is -2.51. The highest BCUT2D eigenvalue weighted by molar-refractivity contribution is 5.88. The quantitative estimate of drug-likeness (QED) is 0.864. The number of piperidine rings is 1. The highest BCUT2D eigenvalue weighted by Crippen LogP contribution is 2.25. The van der Waals surface area contributed by atoms with Gasteiger partial charge in [-0.3, -0.25) is 10.2 Å². The predicted molar refractivity (Wildman–Crippen MR) is 112 cm³/mol.